The summed E-state index contributed by atoms with van der Waals surface area (Å²) in [7, 11) is 0. The van der Waals surface area contributed by atoms with Gasteiger partial charge in [0.2, 0.25) is 5.91 Å². The number of nitrogens with one attached hydrogen (secondary N) is 2. The minimum Gasteiger partial charge on any atom is -0.484 e. The summed E-state index contributed by atoms with van der Waals surface area (Å²) < 4.78 is 24.0. The molecule has 0 aliphatic heterocycles. The Kier molecular flexibility index (Phi) is 5.68. The first-order valence-electron chi connectivity index (χ1n) is 10.3. The smallest absolute Gasteiger partial charge is 0.258 e. The predicted octanol–water partition coefficient (Wildman–Crippen LogP) is 3.40. The van der Waals surface area contributed by atoms with Crippen molar-refractivity contribution in [2.75, 3.05) is 6.61 Å². The maximum Gasteiger partial charge on any atom is 0.258 e. The van der Waals surface area contributed by atoms with Gasteiger partial charge in [-0.2, -0.15) is 0 Å². The minimum atomic E-state index is -0.603. The molecule has 5 rings (SSSR count). The maximum atomic E-state index is 13.4. The normalized spacial score (nSPS) is 23.6. The van der Waals surface area contributed by atoms with E-state index in [1.807, 2.05) is 6.07 Å². The molecule has 2 N–H and O–H groups in total. The number of aromatic nitrogens is 1. The Morgan fingerprint density at radius 3 is 2.71 bits per heavy atom. The quantitative estimate of drug-likeness (QED) is 0.612. The van der Waals surface area contributed by atoms with Crippen LogP contribution in [0.5, 0.6) is 5.75 Å². The van der Waals surface area contributed by atoms with E-state index < -0.39 is 11.2 Å². The summed E-state index contributed by atoms with van der Waals surface area (Å²) in [4.78, 5) is 24.8. The van der Waals surface area contributed by atoms with Gasteiger partial charge in [-0.3, -0.25) is 9.59 Å². The van der Waals surface area contributed by atoms with Crippen LogP contribution >= 0.6 is 11.6 Å². The highest BCUT2D eigenvalue weighted by atomic mass is 35.5. The Hall–Kier alpha value is -2.61. The largest absolute Gasteiger partial charge is 0.484 e. The maximum absolute atomic E-state index is 13.4. The molecule has 2 bridgehead atoms. The van der Waals surface area contributed by atoms with E-state index in [2.05, 4.69) is 29.6 Å². The van der Waals surface area contributed by atoms with E-state index in [0.29, 0.717) is 37.5 Å². The standard InChI is InChI=1S/C22H25ClFN3O4/c1-13(2)5-14-6-16(31-27-14)8-25-20(29)21-10-22(11-21,12-21)26-19(28)9-30-15-3-4-17(23)18(24)7-15/h3-4,6-7,13H,5,8-12H2,1-2H3,(H,25,29)(H,26,28). The molecule has 3 aliphatic rings. The lowest BCUT2D eigenvalue weighted by Crippen LogP contribution is -2.78. The number of carbonyl (C=O) groups excluding carboxylic acids is 2. The van der Waals surface area contributed by atoms with Gasteiger partial charge in [0.05, 0.1) is 22.7 Å². The molecule has 7 nitrogen and oxygen atoms in total. The monoisotopic (exact) mass is 449 g/mol. The number of halogens is 2. The Morgan fingerprint density at radius 2 is 2.03 bits per heavy atom. The zero-order valence-electron chi connectivity index (χ0n) is 17.5. The van der Waals surface area contributed by atoms with Gasteiger partial charge in [0.25, 0.3) is 5.91 Å². The van der Waals surface area contributed by atoms with Crippen molar-refractivity contribution in [3.63, 3.8) is 0 Å². The Labute approximate surface area is 184 Å². The number of ether oxygens (including phenoxy) is 1. The highest BCUT2D eigenvalue weighted by Gasteiger charge is 2.72. The van der Waals surface area contributed by atoms with Crippen molar-refractivity contribution >= 4 is 23.4 Å². The van der Waals surface area contributed by atoms with E-state index in [1.54, 1.807) is 0 Å². The first-order chi connectivity index (χ1) is 14.7. The molecule has 1 heterocycles. The van der Waals surface area contributed by atoms with Crippen molar-refractivity contribution in [1.82, 2.24) is 15.8 Å². The third-order valence-electron chi connectivity index (χ3n) is 5.83. The Morgan fingerprint density at radius 1 is 1.29 bits per heavy atom. The highest BCUT2D eigenvalue weighted by Crippen LogP contribution is 2.67. The van der Waals surface area contributed by atoms with Gasteiger partial charge in [-0.15, -0.1) is 0 Å². The molecule has 1 aromatic carbocycles. The SMILES string of the molecule is CC(C)Cc1cc(CNC(=O)C23CC(NC(=O)COc4ccc(Cl)c(F)c4)(C2)C3)on1. The van der Waals surface area contributed by atoms with Gasteiger partial charge < -0.3 is 19.9 Å². The van der Waals surface area contributed by atoms with Crippen LogP contribution in [0, 0.1) is 17.2 Å². The van der Waals surface area contributed by atoms with Crippen molar-refractivity contribution in [3.8, 4) is 5.75 Å². The molecule has 166 valence electrons. The fraction of sp³-hybridized carbons (Fsp3) is 0.500. The lowest BCUT2D eigenvalue weighted by atomic mass is 9.39. The lowest BCUT2D eigenvalue weighted by molar-refractivity contribution is -0.184. The van der Waals surface area contributed by atoms with E-state index in [0.717, 1.165) is 18.2 Å². The number of hydrogen-bond acceptors (Lipinski definition) is 5. The van der Waals surface area contributed by atoms with Gasteiger partial charge in [0.15, 0.2) is 12.4 Å². The van der Waals surface area contributed by atoms with E-state index in [1.165, 1.54) is 12.1 Å². The van der Waals surface area contributed by atoms with E-state index in [-0.39, 0.29) is 34.7 Å². The number of nitrogens with zero attached hydrogens (tertiary/aromatic N) is 1. The summed E-state index contributed by atoms with van der Waals surface area (Å²) in [6, 6.07) is 5.88. The number of benzene rings is 1. The van der Waals surface area contributed by atoms with Gasteiger partial charge in [-0.05, 0) is 43.7 Å². The summed E-state index contributed by atoms with van der Waals surface area (Å²) in [6.07, 6.45) is 2.63. The van der Waals surface area contributed by atoms with Crippen LogP contribution < -0.4 is 15.4 Å². The van der Waals surface area contributed by atoms with Crippen molar-refractivity contribution in [1.29, 1.82) is 0 Å². The number of amides is 2. The van der Waals surface area contributed by atoms with E-state index in [9.17, 15) is 14.0 Å². The zero-order valence-corrected chi connectivity index (χ0v) is 18.2. The fourth-order valence-electron chi connectivity index (χ4n) is 4.52. The molecule has 0 unspecified atom stereocenters. The molecule has 0 saturated heterocycles. The average Bonchev–Trinajstić information content (AvgIpc) is 3.09. The summed E-state index contributed by atoms with van der Waals surface area (Å²) >= 11 is 5.63. The lowest BCUT2D eigenvalue weighted by Gasteiger charge is -2.69. The van der Waals surface area contributed by atoms with Gasteiger partial charge in [0.1, 0.15) is 11.6 Å². The van der Waals surface area contributed by atoms with Crippen LogP contribution in [-0.4, -0.2) is 29.1 Å². The molecule has 2 aromatic rings. The summed E-state index contributed by atoms with van der Waals surface area (Å²) in [5.74, 6) is 0.413. The highest BCUT2D eigenvalue weighted by molar-refractivity contribution is 6.30. The van der Waals surface area contributed by atoms with Crippen molar-refractivity contribution < 1.29 is 23.2 Å². The van der Waals surface area contributed by atoms with Gasteiger partial charge in [-0.1, -0.05) is 30.6 Å². The van der Waals surface area contributed by atoms with Crippen LogP contribution in [0.2, 0.25) is 5.02 Å². The molecule has 1 aromatic heterocycles. The second kappa shape index (κ2) is 8.15. The predicted molar refractivity (Wildman–Crippen MR) is 111 cm³/mol. The molecule has 2 amide bonds. The molecule has 31 heavy (non-hydrogen) atoms. The van der Waals surface area contributed by atoms with E-state index in [4.69, 9.17) is 20.9 Å². The van der Waals surface area contributed by atoms with Crippen LogP contribution in [0.1, 0.15) is 44.6 Å². The topological polar surface area (TPSA) is 93.5 Å². The molecule has 0 spiro atoms. The second-order valence-electron chi connectivity index (χ2n) is 9.07. The van der Waals surface area contributed by atoms with Gasteiger partial charge >= 0.3 is 0 Å². The molecule has 3 fully saturated rings. The van der Waals surface area contributed by atoms with E-state index >= 15 is 0 Å². The van der Waals surface area contributed by atoms with Crippen LogP contribution in [0.3, 0.4) is 0 Å². The summed E-state index contributed by atoms with van der Waals surface area (Å²) in [6.45, 7) is 4.29. The van der Waals surface area contributed by atoms with Crippen LogP contribution in [0.25, 0.3) is 0 Å². The van der Waals surface area contributed by atoms with Crippen LogP contribution in [-0.2, 0) is 22.6 Å². The minimum absolute atomic E-state index is 0.00597. The summed E-state index contributed by atoms with van der Waals surface area (Å²) in [5, 5.41) is 9.87. The number of hydrogen-bond donors (Lipinski definition) is 2. The van der Waals surface area contributed by atoms with Crippen molar-refractivity contribution in [2.45, 2.75) is 51.6 Å². The second-order valence-corrected chi connectivity index (χ2v) is 9.48. The van der Waals surface area contributed by atoms with Crippen LogP contribution in [0.4, 0.5) is 4.39 Å². The number of rotatable bonds is 9. The molecule has 3 aliphatic carbocycles. The fourth-order valence-corrected chi connectivity index (χ4v) is 4.63. The average molecular weight is 450 g/mol. The molecular weight excluding hydrogens is 425 g/mol. The Bertz CT molecular complexity index is 987. The summed E-state index contributed by atoms with van der Waals surface area (Å²) in [5.41, 5.74) is 0.114. The molecule has 0 atom stereocenters. The van der Waals surface area contributed by atoms with Crippen molar-refractivity contribution in [3.05, 3.63) is 46.6 Å². The third kappa shape index (κ3) is 4.54. The first kappa shape index (κ1) is 21.6. The van der Waals surface area contributed by atoms with Crippen LogP contribution in [0.15, 0.2) is 28.8 Å². The Balaban J connectivity index is 1.19. The molecule has 3 saturated carbocycles. The zero-order chi connectivity index (χ0) is 22.2. The molecule has 9 heteroatoms. The first-order valence-corrected chi connectivity index (χ1v) is 10.7. The van der Waals surface area contributed by atoms with Gasteiger partial charge in [-0.25, -0.2) is 4.39 Å². The molecule has 0 radical (unpaired) electrons. The van der Waals surface area contributed by atoms with Crippen molar-refractivity contribution in [2.24, 2.45) is 11.3 Å². The van der Waals surface area contributed by atoms with Gasteiger partial charge in [0, 0.05) is 17.7 Å². The third-order valence-corrected chi connectivity index (χ3v) is 6.13. The number of carbonyl (C=O) groups is 2. The molecular formula is C22H25ClFN3O4.